The summed E-state index contributed by atoms with van der Waals surface area (Å²) in [5.74, 6) is 5.60. The number of rotatable bonds is 4. The first-order valence-electron chi connectivity index (χ1n) is 7.24. The van der Waals surface area contributed by atoms with E-state index >= 15 is 0 Å². The molecule has 6 unspecified atom stereocenters. The molecule has 1 heteroatoms. The lowest BCUT2D eigenvalue weighted by Gasteiger charge is -2.36. The van der Waals surface area contributed by atoms with E-state index in [-0.39, 0.29) is 5.41 Å². The molecule has 3 rings (SSSR count). The van der Waals surface area contributed by atoms with Crippen LogP contribution in [0.3, 0.4) is 0 Å². The van der Waals surface area contributed by atoms with Crippen molar-refractivity contribution in [1.29, 1.82) is 0 Å². The Kier molecular flexibility index (Phi) is 2.29. The SMILES string of the molecule is CCC1C(CC(C)C)C2C1C2C1(C)C=C=C1N. The largest absolute Gasteiger partial charge is 0.395 e. The van der Waals surface area contributed by atoms with Gasteiger partial charge >= 0.3 is 0 Å². The second kappa shape index (κ2) is 3.42. The van der Waals surface area contributed by atoms with Crippen LogP contribution >= 0.6 is 0 Å². The van der Waals surface area contributed by atoms with Gasteiger partial charge in [-0.2, -0.15) is 0 Å². The summed E-state index contributed by atoms with van der Waals surface area (Å²) < 4.78 is 0. The van der Waals surface area contributed by atoms with Gasteiger partial charge in [-0.3, -0.25) is 0 Å². The molecule has 0 aromatic heterocycles. The van der Waals surface area contributed by atoms with Gasteiger partial charge in [-0.25, -0.2) is 0 Å². The highest BCUT2D eigenvalue weighted by molar-refractivity contribution is 5.35. The van der Waals surface area contributed by atoms with Crippen molar-refractivity contribution in [1.82, 2.24) is 0 Å². The summed E-state index contributed by atoms with van der Waals surface area (Å²) in [4.78, 5) is 0. The van der Waals surface area contributed by atoms with Crippen molar-refractivity contribution in [2.24, 2.45) is 46.7 Å². The van der Waals surface area contributed by atoms with Gasteiger partial charge in [-0.15, -0.1) is 5.73 Å². The van der Waals surface area contributed by atoms with E-state index in [1.807, 2.05) is 0 Å². The highest BCUT2D eigenvalue weighted by Crippen LogP contribution is 2.76. The second-order valence-electron chi connectivity index (χ2n) is 7.03. The molecule has 0 bridgehead atoms. The summed E-state index contributed by atoms with van der Waals surface area (Å²) in [6.07, 6.45) is 5.00. The number of fused-ring (bicyclic) bond motifs is 1. The minimum atomic E-state index is 0.203. The van der Waals surface area contributed by atoms with E-state index in [4.69, 9.17) is 5.73 Å². The summed E-state index contributed by atoms with van der Waals surface area (Å²) >= 11 is 0. The van der Waals surface area contributed by atoms with Gasteiger partial charge in [0.2, 0.25) is 0 Å². The summed E-state index contributed by atoms with van der Waals surface area (Å²) in [6, 6.07) is 0. The second-order valence-corrected chi connectivity index (χ2v) is 7.03. The predicted molar refractivity (Wildman–Crippen MR) is 71.1 cm³/mol. The van der Waals surface area contributed by atoms with Crippen molar-refractivity contribution in [3.8, 4) is 0 Å². The van der Waals surface area contributed by atoms with Gasteiger partial charge in [-0.05, 0) is 54.9 Å². The van der Waals surface area contributed by atoms with Crippen LogP contribution in [0.25, 0.3) is 0 Å². The molecular formula is C16H25N. The van der Waals surface area contributed by atoms with E-state index in [1.165, 1.54) is 12.8 Å². The van der Waals surface area contributed by atoms with Crippen LogP contribution in [0.4, 0.5) is 0 Å². The lowest BCUT2D eigenvalue weighted by atomic mass is 9.69. The van der Waals surface area contributed by atoms with Gasteiger partial charge in [0, 0.05) is 5.41 Å². The van der Waals surface area contributed by atoms with Crippen LogP contribution in [-0.4, -0.2) is 0 Å². The van der Waals surface area contributed by atoms with Crippen molar-refractivity contribution < 1.29 is 0 Å². The lowest BCUT2D eigenvalue weighted by Crippen LogP contribution is -2.30. The fraction of sp³-hybridized carbons (Fsp3) is 0.812. The average molecular weight is 231 g/mol. The van der Waals surface area contributed by atoms with E-state index in [0.29, 0.717) is 0 Å². The van der Waals surface area contributed by atoms with Crippen LogP contribution in [0, 0.1) is 40.9 Å². The van der Waals surface area contributed by atoms with Gasteiger partial charge in [-0.1, -0.05) is 27.2 Å². The molecule has 2 saturated carbocycles. The molecule has 2 N–H and O–H groups in total. The van der Waals surface area contributed by atoms with Crippen LogP contribution in [0.1, 0.15) is 40.5 Å². The monoisotopic (exact) mass is 231 g/mol. The molecule has 6 atom stereocenters. The van der Waals surface area contributed by atoms with E-state index in [9.17, 15) is 0 Å². The maximum Gasteiger partial charge on any atom is 0.0616 e. The number of hydrogen-bond acceptors (Lipinski definition) is 1. The molecule has 0 heterocycles. The Balaban J connectivity index is 1.72. The van der Waals surface area contributed by atoms with Gasteiger partial charge in [0.25, 0.3) is 0 Å². The van der Waals surface area contributed by atoms with Crippen molar-refractivity contribution >= 4 is 0 Å². The molecule has 3 aliphatic rings. The third-order valence-corrected chi connectivity index (χ3v) is 5.69. The summed E-state index contributed by atoms with van der Waals surface area (Å²) in [5, 5.41) is 0. The Morgan fingerprint density at radius 2 is 2.00 bits per heavy atom. The Morgan fingerprint density at radius 1 is 1.35 bits per heavy atom. The summed E-state index contributed by atoms with van der Waals surface area (Å²) in [5.41, 5.74) is 10.4. The van der Waals surface area contributed by atoms with E-state index in [2.05, 4.69) is 39.5 Å². The van der Waals surface area contributed by atoms with Crippen molar-refractivity contribution in [2.45, 2.75) is 40.5 Å². The topological polar surface area (TPSA) is 26.0 Å². The first-order valence-corrected chi connectivity index (χ1v) is 7.24. The molecule has 3 aliphatic carbocycles. The standard InChI is InChI=1S/C16H25N/c1-5-10-11(8-9(2)3)14-13(10)15(14)16(4)7-6-12(16)17/h7,9-11,13-15H,5,8,17H2,1-4H3. The third kappa shape index (κ3) is 1.32. The van der Waals surface area contributed by atoms with Gasteiger partial charge in [0.1, 0.15) is 0 Å². The molecule has 2 fully saturated rings. The molecule has 0 aromatic carbocycles. The number of nitrogens with two attached hydrogens (primary N) is 1. The first kappa shape index (κ1) is 11.4. The maximum atomic E-state index is 6.06. The van der Waals surface area contributed by atoms with Gasteiger partial charge in [0.05, 0.1) is 5.70 Å². The average Bonchev–Trinajstić information content (AvgIpc) is 2.93. The van der Waals surface area contributed by atoms with E-state index in [1.54, 1.807) is 0 Å². The van der Waals surface area contributed by atoms with Crippen LogP contribution in [0.15, 0.2) is 17.5 Å². The first-order chi connectivity index (χ1) is 8.00. The zero-order chi connectivity index (χ0) is 12.4. The molecular weight excluding hydrogens is 206 g/mol. The summed E-state index contributed by atoms with van der Waals surface area (Å²) in [6.45, 7) is 9.40. The van der Waals surface area contributed by atoms with Crippen molar-refractivity contribution in [2.75, 3.05) is 0 Å². The molecule has 0 spiro atoms. The Morgan fingerprint density at radius 3 is 2.41 bits per heavy atom. The smallest absolute Gasteiger partial charge is 0.0616 e. The van der Waals surface area contributed by atoms with Gasteiger partial charge < -0.3 is 5.73 Å². The van der Waals surface area contributed by atoms with E-state index in [0.717, 1.165) is 41.2 Å². The van der Waals surface area contributed by atoms with Gasteiger partial charge in [0.15, 0.2) is 0 Å². The minimum absolute atomic E-state index is 0.203. The molecule has 17 heavy (non-hydrogen) atoms. The maximum absolute atomic E-state index is 6.06. The molecule has 0 saturated heterocycles. The molecule has 1 nitrogen and oxygen atoms in total. The summed E-state index contributed by atoms with van der Waals surface area (Å²) in [7, 11) is 0. The normalized spacial score (nSPS) is 50.4. The highest BCUT2D eigenvalue weighted by Gasteiger charge is 2.72. The zero-order valence-electron chi connectivity index (χ0n) is 11.5. The predicted octanol–water partition coefficient (Wildman–Crippen LogP) is 3.57. The highest BCUT2D eigenvalue weighted by atomic mass is 14.8. The zero-order valence-corrected chi connectivity index (χ0v) is 11.5. The molecule has 0 aliphatic heterocycles. The van der Waals surface area contributed by atoms with Crippen LogP contribution in [0.5, 0.6) is 0 Å². The fourth-order valence-corrected chi connectivity index (χ4v) is 4.80. The van der Waals surface area contributed by atoms with Crippen LogP contribution < -0.4 is 5.73 Å². The number of hydrogen-bond donors (Lipinski definition) is 1. The van der Waals surface area contributed by atoms with Crippen molar-refractivity contribution in [3.05, 3.63) is 17.5 Å². The Bertz CT molecular complexity index is 402. The van der Waals surface area contributed by atoms with Crippen LogP contribution in [-0.2, 0) is 0 Å². The quantitative estimate of drug-likeness (QED) is 0.735. The molecule has 0 radical (unpaired) electrons. The minimum Gasteiger partial charge on any atom is -0.395 e. The third-order valence-electron chi connectivity index (χ3n) is 5.69. The van der Waals surface area contributed by atoms with Crippen molar-refractivity contribution in [3.63, 3.8) is 0 Å². The Labute approximate surface area is 105 Å². The fourth-order valence-electron chi connectivity index (χ4n) is 4.80. The lowest BCUT2D eigenvalue weighted by molar-refractivity contribution is 0.123. The van der Waals surface area contributed by atoms with Crippen LogP contribution in [0.2, 0.25) is 0 Å². The molecule has 94 valence electrons. The molecule has 0 amide bonds. The Hall–Kier alpha value is -0.680. The molecule has 0 aromatic rings. The van der Waals surface area contributed by atoms with E-state index < -0.39 is 0 Å².